The van der Waals surface area contributed by atoms with Crippen LogP contribution < -0.4 is 0 Å². The number of ether oxygens (including phenoxy) is 1. The minimum absolute atomic E-state index is 0.198. The molecule has 168 valence electrons. The molecule has 2 heterocycles. The lowest BCUT2D eigenvalue weighted by molar-refractivity contribution is -0.0159. The number of hydrogen-bond acceptors (Lipinski definition) is 1. The van der Waals surface area contributed by atoms with Gasteiger partial charge in [-0.2, -0.15) is 0 Å². The molecule has 1 aliphatic rings. The van der Waals surface area contributed by atoms with E-state index in [-0.39, 0.29) is 11.7 Å². The van der Waals surface area contributed by atoms with Crippen molar-refractivity contribution in [3.8, 4) is 0 Å². The maximum atomic E-state index is 6.92. The van der Waals surface area contributed by atoms with Crippen LogP contribution in [0.1, 0.15) is 35.1 Å². The number of rotatable bonds is 6. The normalized spacial score (nSPS) is 17.2. The molecule has 0 spiro atoms. The zero-order valence-corrected chi connectivity index (χ0v) is 19.3. The van der Waals surface area contributed by atoms with Crippen LogP contribution in [0.15, 0.2) is 121 Å². The van der Waals surface area contributed by atoms with Gasteiger partial charge in [-0.25, -0.2) is 0 Å². The average Bonchev–Trinajstić information content (AvgIpc) is 3.51. The molecule has 1 aromatic heterocycles. The van der Waals surface area contributed by atoms with Gasteiger partial charge in [-0.05, 0) is 65.1 Å². The monoisotopic (exact) mass is 443 g/mol. The van der Waals surface area contributed by atoms with E-state index >= 15 is 0 Å². The summed E-state index contributed by atoms with van der Waals surface area (Å²) in [6.07, 6.45) is 5.38. The Balaban J connectivity index is 1.24. The van der Waals surface area contributed by atoms with Crippen LogP contribution in [0.2, 0.25) is 0 Å². The molecular weight excluding hydrogens is 414 g/mol. The molecule has 0 aliphatic carbocycles. The van der Waals surface area contributed by atoms with E-state index in [9.17, 15) is 0 Å². The van der Waals surface area contributed by atoms with Crippen molar-refractivity contribution in [1.29, 1.82) is 0 Å². The summed E-state index contributed by atoms with van der Waals surface area (Å²) in [4.78, 5) is 0. The highest BCUT2D eigenvalue weighted by Gasteiger charge is 2.43. The fourth-order valence-electron chi connectivity index (χ4n) is 5.47. The largest absolute Gasteiger partial charge is 0.362 e. The molecule has 0 amide bonds. The Kier molecular flexibility index (Phi) is 5.52. The van der Waals surface area contributed by atoms with Gasteiger partial charge in [-0.3, -0.25) is 0 Å². The van der Waals surface area contributed by atoms with Crippen LogP contribution in [-0.2, 0) is 23.3 Å². The van der Waals surface area contributed by atoms with Gasteiger partial charge in [0, 0.05) is 18.3 Å². The predicted octanol–water partition coefficient (Wildman–Crippen LogP) is 7.35. The summed E-state index contributed by atoms with van der Waals surface area (Å²) < 4.78 is 9.25. The van der Waals surface area contributed by atoms with E-state index in [4.69, 9.17) is 4.74 Å². The molecule has 1 saturated heterocycles. The molecule has 0 unspecified atom stereocenters. The van der Waals surface area contributed by atoms with Crippen LogP contribution in [0.5, 0.6) is 0 Å². The molecular formula is C32H29NO. The van der Waals surface area contributed by atoms with Crippen LogP contribution in [0.3, 0.4) is 0 Å². The van der Waals surface area contributed by atoms with Crippen LogP contribution in [0.4, 0.5) is 0 Å². The Labute approximate surface area is 201 Å². The van der Waals surface area contributed by atoms with Gasteiger partial charge in [0.25, 0.3) is 0 Å². The van der Waals surface area contributed by atoms with Gasteiger partial charge >= 0.3 is 0 Å². The molecule has 2 heteroatoms. The van der Waals surface area contributed by atoms with E-state index in [2.05, 4.69) is 126 Å². The van der Waals surface area contributed by atoms with Crippen molar-refractivity contribution >= 4 is 10.9 Å². The number of nitrogens with zero attached hydrogens (tertiary/aromatic N) is 1. The van der Waals surface area contributed by atoms with Gasteiger partial charge < -0.3 is 9.30 Å². The Morgan fingerprint density at radius 3 is 2.03 bits per heavy atom. The molecule has 34 heavy (non-hydrogen) atoms. The standard InChI is InChI=1S/C32H29NO/c1-4-10-25(11-5-1)24-33-21-19-27-22-26(16-17-31(27)33)23-30-18-20-32(34-30,28-12-6-2-7-13-28)29-14-8-3-9-15-29/h1-17,19,21-22,30H,18,20,23-24H2/t30-/m0/s1. The predicted molar refractivity (Wildman–Crippen MR) is 139 cm³/mol. The van der Waals surface area contributed by atoms with E-state index < -0.39 is 0 Å². The Bertz CT molecular complexity index is 1330. The second kappa shape index (κ2) is 8.96. The van der Waals surface area contributed by atoms with Gasteiger partial charge in [-0.15, -0.1) is 0 Å². The van der Waals surface area contributed by atoms with Crippen LogP contribution in [-0.4, -0.2) is 10.7 Å². The summed E-state index contributed by atoms with van der Waals surface area (Å²) in [5, 5.41) is 1.30. The maximum absolute atomic E-state index is 6.92. The van der Waals surface area contributed by atoms with Crippen molar-refractivity contribution < 1.29 is 4.74 Å². The summed E-state index contributed by atoms with van der Waals surface area (Å²) in [6.45, 7) is 0.895. The van der Waals surface area contributed by atoms with Crippen molar-refractivity contribution in [2.45, 2.75) is 37.5 Å². The molecule has 1 fully saturated rings. The maximum Gasteiger partial charge on any atom is 0.119 e. The fourth-order valence-corrected chi connectivity index (χ4v) is 5.47. The molecule has 0 bridgehead atoms. The second-order valence-electron chi connectivity index (χ2n) is 9.36. The van der Waals surface area contributed by atoms with E-state index in [1.54, 1.807) is 0 Å². The minimum Gasteiger partial charge on any atom is -0.362 e. The summed E-state index contributed by atoms with van der Waals surface area (Å²) in [7, 11) is 0. The zero-order chi connectivity index (χ0) is 22.8. The van der Waals surface area contributed by atoms with E-state index in [0.717, 1.165) is 25.8 Å². The highest BCUT2D eigenvalue weighted by molar-refractivity contribution is 5.81. The van der Waals surface area contributed by atoms with Crippen molar-refractivity contribution in [2.24, 2.45) is 0 Å². The lowest BCUT2D eigenvalue weighted by Gasteiger charge is -2.31. The summed E-state index contributed by atoms with van der Waals surface area (Å²) >= 11 is 0. The Hall–Kier alpha value is -3.62. The summed E-state index contributed by atoms with van der Waals surface area (Å²) in [5.41, 5.74) is 6.07. The van der Waals surface area contributed by atoms with Crippen molar-refractivity contribution in [1.82, 2.24) is 4.57 Å². The minimum atomic E-state index is -0.365. The third-order valence-corrected chi connectivity index (χ3v) is 7.16. The smallest absolute Gasteiger partial charge is 0.119 e. The Morgan fingerprint density at radius 2 is 1.35 bits per heavy atom. The number of aromatic nitrogens is 1. The van der Waals surface area contributed by atoms with Crippen LogP contribution in [0.25, 0.3) is 10.9 Å². The van der Waals surface area contributed by atoms with Gasteiger partial charge in [0.1, 0.15) is 5.60 Å². The topological polar surface area (TPSA) is 14.2 Å². The highest BCUT2D eigenvalue weighted by Crippen LogP contribution is 2.45. The second-order valence-corrected chi connectivity index (χ2v) is 9.36. The summed E-state index contributed by atoms with van der Waals surface area (Å²) in [5.74, 6) is 0. The van der Waals surface area contributed by atoms with Crippen molar-refractivity contribution in [2.75, 3.05) is 0 Å². The average molecular weight is 444 g/mol. The molecule has 0 N–H and O–H groups in total. The molecule has 4 aromatic carbocycles. The van der Waals surface area contributed by atoms with E-state index in [0.29, 0.717) is 0 Å². The third-order valence-electron chi connectivity index (χ3n) is 7.16. The van der Waals surface area contributed by atoms with Crippen LogP contribution in [0, 0.1) is 0 Å². The first-order valence-electron chi connectivity index (χ1n) is 12.2. The van der Waals surface area contributed by atoms with Gasteiger partial charge in [0.2, 0.25) is 0 Å². The van der Waals surface area contributed by atoms with Gasteiger partial charge in [-0.1, -0.05) is 97.1 Å². The van der Waals surface area contributed by atoms with E-state index in [1.807, 2.05) is 0 Å². The fraction of sp³-hybridized carbons (Fsp3) is 0.188. The lowest BCUT2D eigenvalue weighted by atomic mass is 9.84. The first-order valence-corrected chi connectivity index (χ1v) is 12.2. The molecule has 0 saturated carbocycles. The van der Waals surface area contributed by atoms with Crippen molar-refractivity contribution in [3.63, 3.8) is 0 Å². The number of hydrogen-bond donors (Lipinski definition) is 0. The van der Waals surface area contributed by atoms with E-state index in [1.165, 1.54) is 33.2 Å². The van der Waals surface area contributed by atoms with Crippen molar-refractivity contribution in [3.05, 3.63) is 144 Å². The summed E-state index contributed by atoms with van der Waals surface area (Å²) in [6, 6.07) is 41.2. The highest BCUT2D eigenvalue weighted by atomic mass is 16.5. The molecule has 6 rings (SSSR count). The van der Waals surface area contributed by atoms with Crippen LogP contribution >= 0.6 is 0 Å². The molecule has 5 aromatic rings. The number of fused-ring (bicyclic) bond motifs is 1. The Morgan fingerprint density at radius 1 is 0.706 bits per heavy atom. The first-order chi connectivity index (χ1) is 16.8. The van der Waals surface area contributed by atoms with Gasteiger partial charge in [0.15, 0.2) is 0 Å². The van der Waals surface area contributed by atoms with Gasteiger partial charge in [0.05, 0.1) is 6.10 Å². The quantitative estimate of drug-likeness (QED) is 0.267. The SMILES string of the molecule is c1ccc(Cn2ccc3cc(C[C@@H]4CCC(c5ccccc5)(c5ccccc5)O4)ccc32)cc1. The molecule has 2 nitrogen and oxygen atoms in total. The number of benzene rings is 4. The zero-order valence-electron chi connectivity index (χ0n) is 19.3. The lowest BCUT2D eigenvalue weighted by Crippen LogP contribution is -2.28. The third kappa shape index (κ3) is 3.95. The molecule has 0 radical (unpaired) electrons. The first kappa shape index (κ1) is 20.9. The molecule has 1 aliphatic heterocycles. The molecule has 1 atom stereocenters.